The van der Waals surface area contributed by atoms with Gasteiger partial charge in [-0.1, -0.05) is 48.5 Å². The lowest BCUT2D eigenvalue weighted by molar-refractivity contribution is -0.148. The Morgan fingerprint density at radius 1 is 1.06 bits per heavy atom. The second kappa shape index (κ2) is 9.50. The van der Waals surface area contributed by atoms with Crippen LogP contribution in [0.3, 0.4) is 0 Å². The largest absolute Gasteiger partial charge is 0.480 e. The molecule has 0 atom stereocenters. The summed E-state index contributed by atoms with van der Waals surface area (Å²) in [7, 11) is 0. The van der Waals surface area contributed by atoms with Gasteiger partial charge in [-0.3, -0.25) is 4.79 Å². The molecular formula is C26H25N3O5S. The van der Waals surface area contributed by atoms with Crippen LogP contribution >= 0.6 is 11.3 Å². The molecule has 5 rings (SSSR count). The number of nitrogens with one attached hydrogen (secondary N) is 2. The number of rotatable bonds is 8. The Labute approximate surface area is 206 Å². The molecule has 0 unspecified atom stereocenters. The Bertz CT molecular complexity index is 1240. The van der Waals surface area contributed by atoms with Gasteiger partial charge in [0.1, 0.15) is 17.8 Å². The van der Waals surface area contributed by atoms with Gasteiger partial charge >= 0.3 is 12.1 Å². The zero-order chi connectivity index (χ0) is 24.4. The van der Waals surface area contributed by atoms with Crippen LogP contribution in [0.1, 0.15) is 51.8 Å². The summed E-state index contributed by atoms with van der Waals surface area (Å²) in [6, 6.07) is 16.3. The fourth-order valence-corrected chi connectivity index (χ4v) is 5.43. The van der Waals surface area contributed by atoms with Crippen LogP contribution in [0.2, 0.25) is 0 Å². The first-order chi connectivity index (χ1) is 17.0. The molecule has 180 valence electrons. The SMILES string of the molecule is O=C(NCCc1nc(C(=O)NC2(C(=O)O)CCC2)cs1)OCC1c2ccccc2-c2ccccc21. The summed E-state index contributed by atoms with van der Waals surface area (Å²) in [5, 5.41) is 17.0. The number of aliphatic carboxylic acids is 1. The van der Waals surface area contributed by atoms with Crippen molar-refractivity contribution >= 4 is 29.3 Å². The molecule has 35 heavy (non-hydrogen) atoms. The average Bonchev–Trinajstić information content (AvgIpc) is 3.43. The Hall–Kier alpha value is -3.72. The first kappa shape index (κ1) is 23.0. The van der Waals surface area contributed by atoms with Crippen LogP contribution in [-0.2, 0) is 16.0 Å². The van der Waals surface area contributed by atoms with Gasteiger partial charge in [0.15, 0.2) is 0 Å². The molecule has 2 aliphatic rings. The molecule has 1 heterocycles. The normalized spacial score (nSPS) is 15.4. The Morgan fingerprint density at radius 2 is 1.71 bits per heavy atom. The molecule has 2 aromatic carbocycles. The van der Waals surface area contributed by atoms with Crippen molar-refractivity contribution in [2.75, 3.05) is 13.2 Å². The molecule has 2 aliphatic carbocycles. The Kier molecular flexibility index (Phi) is 6.25. The van der Waals surface area contributed by atoms with Gasteiger partial charge in [0.25, 0.3) is 5.91 Å². The number of amides is 2. The van der Waals surface area contributed by atoms with Crippen LogP contribution in [0.15, 0.2) is 53.9 Å². The molecule has 0 bridgehead atoms. The van der Waals surface area contributed by atoms with E-state index in [9.17, 15) is 19.5 Å². The van der Waals surface area contributed by atoms with Crippen molar-refractivity contribution in [1.29, 1.82) is 0 Å². The van der Waals surface area contributed by atoms with E-state index in [1.54, 1.807) is 5.38 Å². The number of ether oxygens (including phenoxy) is 1. The Morgan fingerprint density at radius 3 is 2.31 bits per heavy atom. The van der Waals surface area contributed by atoms with Crippen molar-refractivity contribution in [1.82, 2.24) is 15.6 Å². The van der Waals surface area contributed by atoms with E-state index in [2.05, 4.69) is 39.9 Å². The van der Waals surface area contributed by atoms with Gasteiger partial charge in [-0.05, 0) is 41.5 Å². The fraction of sp³-hybridized carbons (Fsp3) is 0.308. The van der Waals surface area contributed by atoms with Gasteiger partial charge in [-0.25, -0.2) is 14.6 Å². The molecule has 1 aromatic heterocycles. The van der Waals surface area contributed by atoms with Crippen molar-refractivity contribution in [3.63, 3.8) is 0 Å². The molecule has 0 spiro atoms. The van der Waals surface area contributed by atoms with E-state index in [1.807, 2.05) is 24.3 Å². The zero-order valence-corrected chi connectivity index (χ0v) is 19.8. The van der Waals surface area contributed by atoms with Crippen LogP contribution in [-0.4, -0.2) is 46.8 Å². The summed E-state index contributed by atoms with van der Waals surface area (Å²) in [5.41, 5.74) is 3.67. The van der Waals surface area contributed by atoms with E-state index in [-0.39, 0.29) is 18.2 Å². The standard InChI is InChI=1S/C26H25N3O5S/c30-23(29-26(24(31)32)11-5-12-26)21-15-35-22(28-21)10-13-27-25(33)34-14-20-18-8-3-1-6-16(18)17-7-2-4-9-19(17)20/h1-4,6-9,15,20H,5,10-14H2,(H,27,33)(H,29,30)(H,31,32). The lowest BCUT2D eigenvalue weighted by Gasteiger charge is -2.37. The number of carboxylic acids is 1. The van der Waals surface area contributed by atoms with E-state index in [0.717, 1.165) is 17.5 Å². The van der Waals surface area contributed by atoms with Gasteiger partial charge in [0.05, 0.1) is 5.01 Å². The first-order valence-electron chi connectivity index (χ1n) is 11.6. The van der Waals surface area contributed by atoms with E-state index in [0.29, 0.717) is 30.8 Å². The number of fused-ring (bicyclic) bond motifs is 3. The molecule has 2 amide bonds. The summed E-state index contributed by atoms with van der Waals surface area (Å²) < 4.78 is 5.53. The first-order valence-corrected chi connectivity index (χ1v) is 12.4. The average molecular weight is 492 g/mol. The van der Waals surface area contributed by atoms with Crippen LogP contribution in [0.4, 0.5) is 4.79 Å². The molecule has 8 nitrogen and oxygen atoms in total. The highest BCUT2D eigenvalue weighted by Gasteiger charge is 2.46. The van der Waals surface area contributed by atoms with Crippen molar-refractivity contribution in [2.45, 2.75) is 37.1 Å². The quantitative estimate of drug-likeness (QED) is 0.439. The summed E-state index contributed by atoms with van der Waals surface area (Å²) in [6.07, 6.45) is 1.56. The number of nitrogens with zero attached hydrogens (tertiary/aromatic N) is 1. The van der Waals surface area contributed by atoms with Gasteiger partial charge < -0.3 is 20.5 Å². The monoisotopic (exact) mass is 491 g/mol. The minimum atomic E-state index is -1.17. The molecule has 3 N–H and O–H groups in total. The van der Waals surface area contributed by atoms with Crippen LogP contribution in [0.25, 0.3) is 11.1 Å². The fourth-order valence-electron chi connectivity index (χ4n) is 4.65. The number of benzene rings is 2. The minimum absolute atomic E-state index is 0.00190. The summed E-state index contributed by atoms with van der Waals surface area (Å²) >= 11 is 1.30. The van der Waals surface area contributed by atoms with E-state index >= 15 is 0 Å². The maximum atomic E-state index is 12.4. The predicted molar refractivity (Wildman–Crippen MR) is 131 cm³/mol. The highest BCUT2D eigenvalue weighted by Crippen LogP contribution is 2.44. The van der Waals surface area contributed by atoms with Crippen LogP contribution in [0.5, 0.6) is 0 Å². The van der Waals surface area contributed by atoms with Crippen molar-refractivity contribution in [3.05, 3.63) is 75.7 Å². The molecule has 1 fully saturated rings. The third-order valence-corrected chi connectivity index (χ3v) is 7.61. The molecule has 9 heteroatoms. The number of alkyl carbamates (subject to hydrolysis) is 1. The van der Waals surface area contributed by atoms with Crippen molar-refractivity contribution in [3.8, 4) is 11.1 Å². The Balaban J connectivity index is 1.11. The number of hydrogen-bond donors (Lipinski definition) is 3. The maximum Gasteiger partial charge on any atom is 0.407 e. The number of carboxylic acid groups (broad SMARTS) is 1. The van der Waals surface area contributed by atoms with E-state index < -0.39 is 23.5 Å². The smallest absolute Gasteiger partial charge is 0.407 e. The molecule has 0 radical (unpaired) electrons. The van der Waals surface area contributed by atoms with Crippen LogP contribution < -0.4 is 10.6 Å². The number of thiazole rings is 1. The molecular weight excluding hydrogens is 466 g/mol. The van der Waals surface area contributed by atoms with Gasteiger partial charge in [-0.2, -0.15) is 0 Å². The second-order valence-electron chi connectivity index (χ2n) is 8.82. The molecule has 1 saturated carbocycles. The third-order valence-electron chi connectivity index (χ3n) is 6.71. The third kappa shape index (κ3) is 4.51. The summed E-state index contributed by atoms with van der Waals surface area (Å²) in [4.78, 5) is 40.5. The van der Waals surface area contributed by atoms with Gasteiger partial charge in [0, 0.05) is 24.3 Å². The topological polar surface area (TPSA) is 118 Å². The summed E-state index contributed by atoms with van der Waals surface area (Å²) in [5.74, 6) is -1.50. The lowest BCUT2D eigenvalue weighted by atomic mass is 9.76. The predicted octanol–water partition coefficient (Wildman–Crippen LogP) is 3.96. The number of aromatic nitrogens is 1. The van der Waals surface area contributed by atoms with E-state index in [4.69, 9.17) is 4.74 Å². The number of hydrogen-bond acceptors (Lipinski definition) is 6. The molecule has 3 aromatic rings. The zero-order valence-electron chi connectivity index (χ0n) is 19.0. The van der Waals surface area contributed by atoms with Crippen molar-refractivity contribution in [2.24, 2.45) is 0 Å². The number of carbonyl (C=O) groups excluding carboxylic acids is 2. The number of carbonyl (C=O) groups is 3. The highest BCUT2D eigenvalue weighted by atomic mass is 32.1. The van der Waals surface area contributed by atoms with Gasteiger partial charge in [-0.15, -0.1) is 11.3 Å². The maximum absolute atomic E-state index is 12.4. The lowest BCUT2D eigenvalue weighted by Crippen LogP contribution is -2.59. The van der Waals surface area contributed by atoms with Gasteiger partial charge in [0.2, 0.25) is 0 Å². The van der Waals surface area contributed by atoms with Crippen LogP contribution in [0, 0.1) is 0 Å². The summed E-state index contributed by atoms with van der Waals surface area (Å²) in [6.45, 7) is 0.553. The molecule has 0 saturated heterocycles. The minimum Gasteiger partial charge on any atom is -0.480 e. The van der Waals surface area contributed by atoms with Crippen molar-refractivity contribution < 1.29 is 24.2 Å². The molecule has 0 aliphatic heterocycles. The second-order valence-corrected chi connectivity index (χ2v) is 9.77. The highest BCUT2D eigenvalue weighted by molar-refractivity contribution is 7.09. The van der Waals surface area contributed by atoms with E-state index in [1.165, 1.54) is 22.5 Å².